The average Bonchev–Trinajstić information content (AvgIpc) is 3.45. The summed E-state index contributed by atoms with van der Waals surface area (Å²) in [7, 11) is 4.23. The van der Waals surface area contributed by atoms with Crippen LogP contribution in [-0.2, 0) is 11.3 Å². The van der Waals surface area contributed by atoms with Gasteiger partial charge in [0.1, 0.15) is 5.75 Å². The predicted octanol–water partition coefficient (Wildman–Crippen LogP) is 3.83. The van der Waals surface area contributed by atoms with Gasteiger partial charge < -0.3 is 25.0 Å². The normalized spacial score (nSPS) is 17.7. The molecule has 0 bridgehead atoms. The number of likely N-dealkylation sites (N-methyl/N-ethyl adjacent to an activating group) is 1. The van der Waals surface area contributed by atoms with Crippen LogP contribution in [0.3, 0.4) is 0 Å². The third-order valence-electron chi connectivity index (χ3n) is 5.43. The van der Waals surface area contributed by atoms with Gasteiger partial charge >= 0.3 is 0 Å². The van der Waals surface area contributed by atoms with Gasteiger partial charge in [-0.25, -0.2) is 4.99 Å². The molecule has 1 aromatic carbocycles. The number of ether oxygens (including phenoxy) is 2. The molecule has 7 heteroatoms. The third-order valence-corrected chi connectivity index (χ3v) is 6.40. The summed E-state index contributed by atoms with van der Waals surface area (Å²) < 4.78 is 11.7. The number of nitrogens with zero attached hydrogens (tertiary/aromatic N) is 2. The lowest BCUT2D eigenvalue weighted by Gasteiger charge is -2.24. The summed E-state index contributed by atoms with van der Waals surface area (Å²) in [5.41, 5.74) is 2.30. The van der Waals surface area contributed by atoms with E-state index >= 15 is 0 Å². The van der Waals surface area contributed by atoms with Crippen LogP contribution in [0.5, 0.6) is 5.75 Å². The monoisotopic (exact) mass is 444 g/mol. The molecule has 0 spiro atoms. The minimum Gasteiger partial charge on any atom is -0.493 e. The second kappa shape index (κ2) is 12.1. The smallest absolute Gasteiger partial charge is 0.191 e. The fourth-order valence-corrected chi connectivity index (χ4v) is 4.49. The molecule has 2 atom stereocenters. The van der Waals surface area contributed by atoms with Gasteiger partial charge in [0.05, 0.1) is 25.8 Å². The van der Waals surface area contributed by atoms with Gasteiger partial charge in [-0.1, -0.05) is 18.2 Å². The van der Waals surface area contributed by atoms with E-state index in [4.69, 9.17) is 14.5 Å². The number of thiophene rings is 1. The summed E-state index contributed by atoms with van der Waals surface area (Å²) in [6.07, 6.45) is 1.07. The van der Waals surface area contributed by atoms with Crippen LogP contribution >= 0.6 is 11.3 Å². The first-order valence-corrected chi connectivity index (χ1v) is 12.0. The summed E-state index contributed by atoms with van der Waals surface area (Å²) in [6.45, 7) is 8.69. The molecule has 2 N–H and O–H groups in total. The minimum atomic E-state index is 0.302. The highest BCUT2D eigenvalue weighted by molar-refractivity contribution is 7.10. The first-order valence-electron chi connectivity index (χ1n) is 11.1. The van der Waals surface area contributed by atoms with Crippen molar-refractivity contribution < 1.29 is 9.47 Å². The maximum absolute atomic E-state index is 6.18. The van der Waals surface area contributed by atoms with Crippen molar-refractivity contribution in [3.8, 4) is 5.75 Å². The second-order valence-corrected chi connectivity index (χ2v) is 9.20. The van der Waals surface area contributed by atoms with Crippen LogP contribution in [0.15, 0.2) is 40.7 Å². The Balaban J connectivity index is 1.65. The van der Waals surface area contributed by atoms with E-state index in [2.05, 4.69) is 79.2 Å². The van der Waals surface area contributed by atoms with Gasteiger partial charge in [0.25, 0.3) is 0 Å². The summed E-state index contributed by atoms with van der Waals surface area (Å²) in [5.74, 6) is 2.23. The maximum atomic E-state index is 6.18. The molecule has 0 amide bonds. The van der Waals surface area contributed by atoms with E-state index in [9.17, 15) is 0 Å². The minimum absolute atomic E-state index is 0.302. The number of rotatable bonds is 10. The Labute approximate surface area is 190 Å². The van der Waals surface area contributed by atoms with Crippen LogP contribution in [0.25, 0.3) is 0 Å². The van der Waals surface area contributed by atoms with Crippen molar-refractivity contribution in [3.05, 3.63) is 51.7 Å². The van der Waals surface area contributed by atoms with Gasteiger partial charge in [-0.15, -0.1) is 11.3 Å². The molecule has 1 aliphatic rings. The summed E-state index contributed by atoms with van der Waals surface area (Å²) in [6, 6.07) is 10.9. The third kappa shape index (κ3) is 7.23. The van der Waals surface area contributed by atoms with Crippen LogP contribution in [0.4, 0.5) is 0 Å². The maximum Gasteiger partial charge on any atom is 0.191 e. The SMILES string of the molecule is CCNC(=NCc1ccc(C)cc1OCC1CCOC1)NCC(c1cccs1)N(C)C. The number of hydrogen-bond donors (Lipinski definition) is 2. The van der Waals surface area contributed by atoms with E-state index in [-0.39, 0.29) is 0 Å². The number of guanidine groups is 1. The van der Waals surface area contributed by atoms with Crippen molar-refractivity contribution in [1.82, 2.24) is 15.5 Å². The Morgan fingerprint density at radius 1 is 1.32 bits per heavy atom. The Hall–Kier alpha value is -2.09. The zero-order chi connectivity index (χ0) is 22.1. The van der Waals surface area contributed by atoms with Gasteiger partial charge in [0, 0.05) is 36.1 Å². The molecule has 0 aliphatic carbocycles. The molecule has 1 aliphatic heterocycles. The molecule has 31 heavy (non-hydrogen) atoms. The molecule has 0 radical (unpaired) electrons. The largest absolute Gasteiger partial charge is 0.493 e. The molecule has 1 saturated heterocycles. The van der Waals surface area contributed by atoms with E-state index in [1.54, 1.807) is 11.3 Å². The lowest BCUT2D eigenvalue weighted by Crippen LogP contribution is -2.41. The molecule has 6 nitrogen and oxygen atoms in total. The molecule has 1 aromatic heterocycles. The lowest BCUT2D eigenvalue weighted by atomic mass is 10.1. The van der Waals surface area contributed by atoms with Crippen molar-refractivity contribution in [2.45, 2.75) is 32.9 Å². The van der Waals surface area contributed by atoms with Gasteiger partial charge in [0.15, 0.2) is 5.96 Å². The summed E-state index contributed by atoms with van der Waals surface area (Å²) in [4.78, 5) is 8.42. The standard InChI is InChI=1S/C24H36N4O2S/c1-5-25-24(27-15-21(28(3)4)23-7-6-12-31-23)26-14-20-9-8-18(2)13-22(20)30-17-19-10-11-29-16-19/h6-9,12-13,19,21H,5,10-11,14-17H2,1-4H3,(H2,25,26,27). The predicted molar refractivity (Wildman–Crippen MR) is 129 cm³/mol. The van der Waals surface area contributed by atoms with Gasteiger partial charge in [-0.05, 0) is 57.4 Å². The summed E-state index contributed by atoms with van der Waals surface area (Å²) >= 11 is 1.79. The van der Waals surface area contributed by atoms with Crippen LogP contribution in [0.2, 0.25) is 0 Å². The number of aryl methyl sites for hydroxylation is 1. The van der Waals surface area contributed by atoms with E-state index < -0.39 is 0 Å². The number of benzene rings is 1. The Morgan fingerprint density at radius 2 is 2.19 bits per heavy atom. The molecule has 2 unspecified atom stereocenters. The highest BCUT2D eigenvalue weighted by Gasteiger charge is 2.18. The molecule has 2 aromatic rings. The quantitative estimate of drug-likeness (QED) is 0.431. The van der Waals surface area contributed by atoms with Crippen LogP contribution < -0.4 is 15.4 Å². The van der Waals surface area contributed by atoms with Gasteiger partial charge in [-0.3, -0.25) is 0 Å². The van der Waals surface area contributed by atoms with E-state index in [0.717, 1.165) is 50.0 Å². The highest BCUT2D eigenvalue weighted by atomic mass is 32.1. The Bertz CT molecular complexity index is 817. The molecule has 0 saturated carbocycles. The molecule has 170 valence electrons. The van der Waals surface area contributed by atoms with Crippen molar-refractivity contribution in [2.24, 2.45) is 10.9 Å². The highest BCUT2D eigenvalue weighted by Crippen LogP contribution is 2.24. The van der Waals surface area contributed by atoms with Crippen molar-refractivity contribution in [3.63, 3.8) is 0 Å². The second-order valence-electron chi connectivity index (χ2n) is 8.22. The fraction of sp³-hybridized carbons (Fsp3) is 0.542. The van der Waals surface area contributed by atoms with E-state index in [0.29, 0.717) is 25.1 Å². The lowest BCUT2D eigenvalue weighted by molar-refractivity contribution is 0.166. The van der Waals surface area contributed by atoms with Crippen molar-refractivity contribution >= 4 is 17.3 Å². The zero-order valence-corrected chi connectivity index (χ0v) is 20.0. The van der Waals surface area contributed by atoms with Crippen molar-refractivity contribution in [1.29, 1.82) is 0 Å². The number of nitrogens with one attached hydrogen (secondary N) is 2. The average molecular weight is 445 g/mol. The first kappa shape index (κ1) is 23.6. The van der Waals surface area contributed by atoms with Gasteiger partial charge in [0.2, 0.25) is 0 Å². The Kier molecular flexibility index (Phi) is 9.18. The van der Waals surface area contributed by atoms with Crippen LogP contribution in [0.1, 0.15) is 35.4 Å². The van der Waals surface area contributed by atoms with Gasteiger partial charge in [-0.2, -0.15) is 0 Å². The summed E-state index contributed by atoms with van der Waals surface area (Å²) in [5, 5.41) is 9.01. The van der Waals surface area contributed by atoms with Crippen molar-refractivity contribution in [2.75, 3.05) is 47.0 Å². The molecule has 2 heterocycles. The zero-order valence-electron chi connectivity index (χ0n) is 19.2. The molecule has 3 rings (SSSR count). The fourth-order valence-electron chi connectivity index (χ4n) is 3.57. The number of hydrogen-bond acceptors (Lipinski definition) is 5. The topological polar surface area (TPSA) is 58.1 Å². The molecule has 1 fully saturated rings. The number of aliphatic imine (C=N–C) groups is 1. The van der Waals surface area contributed by atoms with Crippen LogP contribution in [0, 0.1) is 12.8 Å². The first-order chi connectivity index (χ1) is 15.1. The molecular formula is C24H36N4O2S. The molecular weight excluding hydrogens is 408 g/mol. The van der Waals surface area contributed by atoms with E-state index in [1.807, 2.05) is 0 Å². The van der Waals surface area contributed by atoms with Crippen LogP contribution in [-0.4, -0.2) is 57.9 Å². The van der Waals surface area contributed by atoms with E-state index in [1.165, 1.54) is 10.4 Å². The Morgan fingerprint density at radius 3 is 2.87 bits per heavy atom.